The summed E-state index contributed by atoms with van der Waals surface area (Å²) in [6.07, 6.45) is 0. The van der Waals surface area contributed by atoms with Gasteiger partial charge in [0.15, 0.2) is 5.78 Å². The minimum Gasteiger partial charge on any atom is -0.382 e. The molecule has 1 N–H and O–H groups in total. The van der Waals surface area contributed by atoms with Gasteiger partial charge in [-0.1, -0.05) is 27.7 Å². The Bertz CT molecular complexity index is 527. The van der Waals surface area contributed by atoms with Gasteiger partial charge >= 0.3 is 0 Å². The molecule has 0 fully saturated rings. The van der Waals surface area contributed by atoms with E-state index in [9.17, 15) is 4.79 Å². The van der Waals surface area contributed by atoms with Crippen LogP contribution in [0.3, 0.4) is 0 Å². The molecule has 0 radical (unpaired) electrons. The van der Waals surface area contributed by atoms with Crippen LogP contribution in [0.5, 0.6) is 0 Å². The average molecular weight is 355 g/mol. The van der Waals surface area contributed by atoms with E-state index >= 15 is 0 Å². The number of rotatable bonds is 5. The van der Waals surface area contributed by atoms with E-state index in [4.69, 9.17) is 0 Å². The van der Waals surface area contributed by atoms with E-state index in [1.807, 2.05) is 31.2 Å². The molecule has 0 aliphatic carbocycles. The third kappa shape index (κ3) is 3.38. The number of hydrogen-bond acceptors (Lipinski definition) is 4. The maximum Gasteiger partial charge on any atom is 0.167 e. The molecule has 0 saturated heterocycles. The van der Waals surface area contributed by atoms with Crippen LogP contribution in [0.15, 0.2) is 39.3 Å². The van der Waals surface area contributed by atoms with Gasteiger partial charge in [-0.25, -0.2) is 0 Å². The molecular formula is C15H19BrN2OS. The number of halogens is 1. The molecule has 1 atom stereocenters. The first kappa shape index (κ1) is 15.4. The number of benzene rings is 1. The lowest BCUT2D eigenvalue weighted by molar-refractivity contribution is -0.113. The Labute approximate surface area is 132 Å². The Kier molecular flexibility index (Phi) is 5.16. The molecule has 1 aliphatic heterocycles. The third-order valence-corrected chi connectivity index (χ3v) is 5.39. The van der Waals surface area contributed by atoms with Crippen molar-refractivity contribution >= 4 is 39.2 Å². The van der Waals surface area contributed by atoms with Gasteiger partial charge in [-0.15, -0.1) is 0 Å². The monoisotopic (exact) mass is 354 g/mol. The van der Waals surface area contributed by atoms with Gasteiger partial charge in [0.2, 0.25) is 0 Å². The second kappa shape index (κ2) is 6.68. The topological polar surface area (TPSA) is 32.3 Å². The Hall–Kier alpha value is -0.940. The molecule has 5 heteroatoms. The molecule has 0 bridgehead atoms. The number of hydrogen-bond donors (Lipinski definition) is 1. The van der Waals surface area contributed by atoms with Gasteiger partial charge < -0.3 is 10.2 Å². The number of carbonyl (C=O) groups excluding carboxylic acids is 1. The van der Waals surface area contributed by atoms with Crippen molar-refractivity contribution in [1.29, 1.82) is 0 Å². The summed E-state index contributed by atoms with van der Waals surface area (Å²) in [6, 6.07) is 8.14. The van der Waals surface area contributed by atoms with Crippen LogP contribution >= 0.6 is 27.7 Å². The molecule has 0 amide bonds. The SMILES string of the molecule is CCN1C(C)=C(C(C)=O)SC1CNc1ccc(Br)cc1. The van der Waals surface area contributed by atoms with Crippen LogP contribution in [0.1, 0.15) is 20.8 Å². The van der Waals surface area contributed by atoms with Gasteiger partial charge in [-0.2, -0.15) is 0 Å². The Morgan fingerprint density at radius 3 is 2.60 bits per heavy atom. The molecule has 0 aromatic heterocycles. The lowest BCUT2D eigenvalue weighted by Crippen LogP contribution is -2.33. The molecule has 1 heterocycles. The fraction of sp³-hybridized carbons (Fsp3) is 0.400. The summed E-state index contributed by atoms with van der Waals surface area (Å²) in [5.74, 6) is 0.164. The normalized spacial score (nSPS) is 18.6. The number of ketones is 1. The summed E-state index contributed by atoms with van der Waals surface area (Å²) < 4.78 is 1.07. The molecule has 1 aromatic carbocycles. The maximum atomic E-state index is 11.6. The number of allylic oxidation sites excluding steroid dienone is 2. The zero-order valence-electron chi connectivity index (χ0n) is 11.9. The molecule has 2 rings (SSSR count). The van der Waals surface area contributed by atoms with E-state index in [0.717, 1.165) is 33.9 Å². The lowest BCUT2D eigenvalue weighted by Gasteiger charge is -2.26. The summed E-state index contributed by atoms with van der Waals surface area (Å²) in [5, 5.41) is 3.72. The lowest BCUT2D eigenvalue weighted by atomic mass is 10.3. The number of likely N-dealkylation sites (N-methyl/N-ethyl adjacent to an activating group) is 1. The van der Waals surface area contributed by atoms with Crippen molar-refractivity contribution in [3.63, 3.8) is 0 Å². The summed E-state index contributed by atoms with van der Waals surface area (Å²) in [6.45, 7) is 7.54. The molecule has 1 unspecified atom stereocenters. The predicted octanol–water partition coefficient (Wildman–Crippen LogP) is 4.08. The average Bonchev–Trinajstić information content (AvgIpc) is 2.74. The van der Waals surface area contributed by atoms with Crippen LogP contribution in [-0.2, 0) is 4.79 Å². The summed E-state index contributed by atoms with van der Waals surface area (Å²) in [4.78, 5) is 14.8. The Balaban J connectivity index is 2.00. The molecule has 1 aliphatic rings. The molecule has 20 heavy (non-hydrogen) atoms. The van der Waals surface area contributed by atoms with Gasteiger partial charge in [0.05, 0.1) is 10.3 Å². The van der Waals surface area contributed by atoms with Crippen molar-refractivity contribution in [2.24, 2.45) is 0 Å². The van der Waals surface area contributed by atoms with E-state index in [1.165, 1.54) is 0 Å². The van der Waals surface area contributed by atoms with Crippen LogP contribution in [-0.4, -0.2) is 29.1 Å². The van der Waals surface area contributed by atoms with E-state index in [-0.39, 0.29) is 11.2 Å². The number of nitrogens with one attached hydrogen (secondary N) is 1. The summed E-state index contributed by atoms with van der Waals surface area (Å²) in [5.41, 5.74) is 2.20. The Morgan fingerprint density at radius 1 is 1.40 bits per heavy atom. The minimum absolute atomic E-state index is 0.164. The van der Waals surface area contributed by atoms with Gasteiger partial charge in [-0.05, 0) is 45.0 Å². The van der Waals surface area contributed by atoms with Crippen molar-refractivity contribution in [3.05, 3.63) is 39.3 Å². The fourth-order valence-electron chi connectivity index (χ4n) is 2.33. The van der Waals surface area contributed by atoms with Crippen LogP contribution in [0.4, 0.5) is 5.69 Å². The second-order valence-electron chi connectivity index (χ2n) is 4.72. The van der Waals surface area contributed by atoms with Gasteiger partial charge in [0, 0.05) is 28.9 Å². The summed E-state index contributed by atoms with van der Waals surface area (Å²) in [7, 11) is 0. The highest BCUT2D eigenvalue weighted by molar-refractivity contribution is 9.10. The van der Waals surface area contributed by atoms with Crippen LogP contribution in [0.25, 0.3) is 0 Å². The van der Waals surface area contributed by atoms with Crippen molar-refractivity contribution in [2.45, 2.75) is 26.1 Å². The first-order chi connectivity index (χ1) is 9.52. The number of Topliss-reactive ketones (excluding diaryl/α,β-unsaturated/α-hetero) is 1. The number of thioether (sulfide) groups is 1. The number of carbonyl (C=O) groups is 1. The first-order valence-electron chi connectivity index (χ1n) is 6.67. The third-order valence-electron chi connectivity index (χ3n) is 3.35. The van der Waals surface area contributed by atoms with Crippen LogP contribution in [0.2, 0.25) is 0 Å². The van der Waals surface area contributed by atoms with E-state index in [0.29, 0.717) is 0 Å². The highest BCUT2D eigenvalue weighted by atomic mass is 79.9. The van der Waals surface area contributed by atoms with Gasteiger partial charge in [-0.3, -0.25) is 4.79 Å². The van der Waals surface area contributed by atoms with E-state index < -0.39 is 0 Å². The van der Waals surface area contributed by atoms with Crippen molar-refractivity contribution in [2.75, 3.05) is 18.4 Å². The highest BCUT2D eigenvalue weighted by Crippen LogP contribution is 2.38. The van der Waals surface area contributed by atoms with Crippen molar-refractivity contribution in [1.82, 2.24) is 4.90 Å². The predicted molar refractivity (Wildman–Crippen MR) is 89.8 cm³/mol. The van der Waals surface area contributed by atoms with Crippen LogP contribution < -0.4 is 5.32 Å². The largest absolute Gasteiger partial charge is 0.382 e. The van der Waals surface area contributed by atoms with Crippen molar-refractivity contribution in [3.8, 4) is 0 Å². The molecule has 0 spiro atoms. The van der Waals surface area contributed by atoms with Crippen molar-refractivity contribution < 1.29 is 4.79 Å². The molecule has 3 nitrogen and oxygen atoms in total. The van der Waals surface area contributed by atoms with E-state index in [1.54, 1.807) is 18.7 Å². The smallest absolute Gasteiger partial charge is 0.167 e. The zero-order valence-corrected chi connectivity index (χ0v) is 14.3. The fourth-order valence-corrected chi connectivity index (χ4v) is 3.93. The summed E-state index contributed by atoms with van der Waals surface area (Å²) >= 11 is 5.10. The zero-order chi connectivity index (χ0) is 14.7. The van der Waals surface area contributed by atoms with Gasteiger partial charge in [0.25, 0.3) is 0 Å². The van der Waals surface area contributed by atoms with Crippen LogP contribution in [0, 0.1) is 0 Å². The molecule has 0 saturated carbocycles. The second-order valence-corrected chi connectivity index (χ2v) is 6.82. The highest BCUT2D eigenvalue weighted by Gasteiger charge is 2.30. The maximum absolute atomic E-state index is 11.6. The Morgan fingerprint density at radius 2 is 2.05 bits per heavy atom. The number of anilines is 1. The molecule has 1 aromatic rings. The first-order valence-corrected chi connectivity index (χ1v) is 8.34. The number of nitrogens with zero attached hydrogens (tertiary/aromatic N) is 1. The molecule has 108 valence electrons. The standard InChI is InChI=1S/C15H19BrN2OS/c1-4-18-10(2)15(11(3)19)20-14(18)9-17-13-7-5-12(16)6-8-13/h5-8,14,17H,4,9H2,1-3H3. The van der Waals surface area contributed by atoms with Gasteiger partial charge in [0.1, 0.15) is 0 Å². The van der Waals surface area contributed by atoms with E-state index in [2.05, 4.69) is 33.1 Å². The molecular weight excluding hydrogens is 336 g/mol. The quantitative estimate of drug-likeness (QED) is 0.863. The minimum atomic E-state index is 0.164.